The molecule has 1 rings (SSSR count). The second-order valence-corrected chi connectivity index (χ2v) is 5.84. The minimum atomic E-state index is -3.82. The summed E-state index contributed by atoms with van der Waals surface area (Å²) in [7, 11) is -2.19. The molecular formula is C11H19N5O3S. The van der Waals surface area contributed by atoms with Crippen LogP contribution in [0.5, 0.6) is 0 Å². The van der Waals surface area contributed by atoms with E-state index in [9.17, 15) is 13.2 Å². The third kappa shape index (κ3) is 4.42. The molecule has 112 valence electrons. The number of nitrogens with zero attached hydrogens (tertiary/aromatic N) is 2. The van der Waals surface area contributed by atoms with Gasteiger partial charge in [-0.1, -0.05) is 6.92 Å². The highest BCUT2D eigenvalue weighted by atomic mass is 32.2. The Labute approximate surface area is 118 Å². The highest BCUT2D eigenvalue weighted by Crippen LogP contribution is 2.07. The summed E-state index contributed by atoms with van der Waals surface area (Å²) >= 11 is 0. The minimum absolute atomic E-state index is 0.0911. The average Bonchev–Trinajstić information content (AvgIpc) is 2.44. The van der Waals surface area contributed by atoms with Crippen LogP contribution in [0.4, 0.5) is 5.95 Å². The van der Waals surface area contributed by atoms with Gasteiger partial charge in [-0.15, -0.1) is 0 Å². The Morgan fingerprint density at radius 2 is 1.95 bits per heavy atom. The van der Waals surface area contributed by atoms with Gasteiger partial charge in [-0.3, -0.25) is 4.79 Å². The molecule has 9 heteroatoms. The number of nitrogens with one attached hydrogen (secondary N) is 3. The summed E-state index contributed by atoms with van der Waals surface area (Å²) in [6.07, 6.45) is 3.14. The molecule has 0 aromatic carbocycles. The van der Waals surface area contributed by atoms with Crippen LogP contribution >= 0.6 is 0 Å². The van der Waals surface area contributed by atoms with Crippen LogP contribution in [0.25, 0.3) is 0 Å². The molecule has 0 aliphatic rings. The van der Waals surface area contributed by atoms with Gasteiger partial charge in [-0.2, -0.15) is 4.72 Å². The van der Waals surface area contributed by atoms with Crippen LogP contribution in [0.1, 0.15) is 20.3 Å². The Morgan fingerprint density at radius 1 is 1.35 bits per heavy atom. The number of hydrogen-bond acceptors (Lipinski definition) is 6. The average molecular weight is 301 g/mol. The lowest BCUT2D eigenvalue weighted by molar-refractivity contribution is -0.122. The van der Waals surface area contributed by atoms with Crippen LogP contribution in [-0.4, -0.2) is 43.9 Å². The Balaban J connectivity index is 2.75. The molecule has 1 amide bonds. The predicted molar refractivity (Wildman–Crippen MR) is 74.7 cm³/mol. The summed E-state index contributed by atoms with van der Waals surface area (Å²) in [5.41, 5.74) is 0. The first kappa shape index (κ1) is 16.3. The van der Waals surface area contributed by atoms with E-state index in [0.717, 1.165) is 6.42 Å². The summed E-state index contributed by atoms with van der Waals surface area (Å²) in [5.74, 6) is -0.0547. The number of carbonyl (C=O) groups is 1. The van der Waals surface area contributed by atoms with Crippen molar-refractivity contribution >= 4 is 21.9 Å². The molecule has 0 saturated carbocycles. The van der Waals surface area contributed by atoms with Crippen LogP contribution in [0.3, 0.4) is 0 Å². The van der Waals surface area contributed by atoms with Crippen molar-refractivity contribution in [3.63, 3.8) is 0 Å². The van der Waals surface area contributed by atoms with E-state index in [2.05, 4.69) is 25.3 Å². The largest absolute Gasteiger partial charge is 0.357 e. The maximum Gasteiger partial charge on any atom is 0.244 e. The fraction of sp³-hybridized carbons (Fsp3) is 0.545. The number of carbonyl (C=O) groups excluding carboxylic acids is 1. The van der Waals surface area contributed by atoms with E-state index in [4.69, 9.17) is 0 Å². The molecular weight excluding hydrogens is 282 g/mol. The van der Waals surface area contributed by atoms with Gasteiger partial charge in [-0.25, -0.2) is 18.4 Å². The molecule has 0 bridgehead atoms. The van der Waals surface area contributed by atoms with Gasteiger partial charge in [0.25, 0.3) is 0 Å². The maximum absolute atomic E-state index is 12.0. The molecule has 8 nitrogen and oxygen atoms in total. The van der Waals surface area contributed by atoms with Crippen LogP contribution in [0.15, 0.2) is 17.3 Å². The molecule has 0 fully saturated rings. The van der Waals surface area contributed by atoms with E-state index >= 15 is 0 Å². The summed E-state index contributed by atoms with van der Waals surface area (Å²) in [6, 6.07) is -0.865. The van der Waals surface area contributed by atoms with E-state index in [1.165, 1.54) is 19.3 Å². The van der Waals surface area contributed by atoms with Gasteiger partial charge >= 0.3 is 0 Å². The molecule has 0 saturated heterocycles. The number of rotatable bonds is 7. The Hall–Kier alpha value is -1.74. The van der Waals surface area contributed by atoms with E-state index in [1.54, 1.807) is 7.05 Å². The lowest BCUT2D eigenvalue weighted by Gasteiger charge is -2.13. The van der Waals surface area contributed by atoms with Crippen molar-refractivity contribution in [1.82, 2.24) is 20.0 Å². The Morgan fingerprint density at radius 3 is 2.45 bits per heavy atom. The number of aromatic nitrogens is 2. The SMILES string of the molecule is CCCNC(=O)C(C)NS(=O)(=O)c1cnc(NC)nc1. The zero-order valence-corrected chi connectivity index (χ0v) is 12.5. The fourth-order valence-corrected chi connectivity index (χ4v) is 2.43. The third-order valence-corrected chi connectivity index (χ3v) is 3.93. The minimum Gasteiger partial charge on any atom is -0.357 e. The summed E-state index contributed by atoms with van der Waals surface area (Å²) in [6.45, 7) is 3.89. The van der Waals surface area contributed by atoms with E-state index < -0.39 is 16.1 Å². The summed E-state index contributed by atoms with van der Waals surface area (Å²) in [5, 5.41) is 5.30. The molecule has 1 heterocycles. The van der Waals surface area contributed by atoms with Crippen LogP contribution in [0.2, 0.25) is 0 Å². The Bertz CT molecular complexity index is 544. The molecule has 0 aliphatic heterocycles. The zero-order chi connectivity index (χ0) is 15.2. The van der Waals surface area contributed by atoms with Gasteiger partial charge in [-0.05, 0) is 13.3 Å². The lowest BCUT2D eigenvalue weighted by atomic mass is 10.3. The monoisotopic (exact) mass is 301 g/mol. The van der Waals surface area contributed by atoms with Crippen LogP contribution in [-0.2, 0) is 14.8 Å². The molecule has 1 aromatic rings. The van der Waals surface area contributed by atoms with Gasteiger partial charge in [0.05, 0.1) is 18.4 Å². The quantitative estimate of drug-likeness (QED) is 0.638. The van der Waals surface area contributed by atoms with Crippen molar-refractivity contribution in [2.75, 3.05) is 18.9 Å². The van der Waals surface area contributed by atoms with Crippen molar-refractivity contribution in [3.8, 4) is 0 Å². The fourth-order valence-electron chi connectivity index (χ4n) is 1.34. The second-order valence-electron chi connectivity index (χ2n) is 4.13. The van der Waals surface area contributed by atoms with Crippen LogP contribution < -0.4 is 15.4 Å². The third-order valence-electron chi connectivity index (χ3n) is 2.44. The van der Waals surface area contributed by atoms with E-state index in [1.807, 2.05) is 6.92 Å². The molecule has 0 radical (unpaired) electrons. The van der Waals surface area contributed by atoms with Gasteiger partial charge in [0.1, 0.15) is 4.90 Å². The summed E-state index contributed by atoms with van der Waals surface area (Å²) < 4.78 is 26.3. The summed E-state index contributed by atoms with van der Waals surface area (Å²) in [4.78, 5) is 19.2. The number of amides is 1. The molecule has 3 N–H and O–H groups in total. The molecule has 1 atom stereocenters. The molecule has 1 aromatic heterocycles. The lowest BCUT2D eigenvalue weighted by Crippen LogP contribution is -2.44. The highest BCUT2D eigenvalue weighted by Gasteiger charge is 2.22. The zero-order valence-electron chi connectivity index (χ0n) is 11.7. The highest BCUT2D eigenvalue weighted by molar-refractivity contribution is 7.89. The van der Waals surface area contributed by atoms with Gasteiger partial charge in [0, 0.05) is 13.6 Å². The van der Waals surface area contributed by atoms with Gasteiger partial charge < -0.3 is 10.6 Å². The van der Waals surface area contributed by atoms with Crippen LogP contribution in [0, 0.1) is 0 Å². The molecule has 0 aliphatic carbocycles. The first-order valence-electron chi connectivity index (χ1n) is 6.20. The van der Waals surface area contributed by atoms with Crippen molar-refractivity contribution in [3.05, 3.63) is 12.4 Å². The van der Waals surface area contributed by atoms with Crippen molar-refractivity contribution in [2.45, 2.75) is 31.2 Å². The molecule has 1 unspecified atom stereocenters. The number of sulfonamides is 1. The topological polar surface area (TPSA) is 113 Å². The van der Waals surface area contributed by atoms with Crippen molar-refractivity contribution in [2.24, 2.45) is 0 Å². The Kier molecular flexibility index (Phi) is 5.83. The smallest absolute Gasteiger partial charge is 0.244 e. The van der Waals surface area contributed by atoms with E-state index in [0.29, 0.717) is 12.5 Å². The van der Waals surface area contributed by atoms with Gasteiger partial charge in [0.15, 0.2) is 0 Å². The van der Waals surface area contributed by atoms with Gasteiger partial charge in [0.2, 0.25) is 21.9 Å². The standard InChI is InChI=1S/C11H19N5O3S/c1-4-5-13-10(17)8(2)16-20(18,19)9-6-14-11(12-3)15-7-9/h6-8,16H,4-5H2,1-3H3,(H,13,17)(H,12,14,15). The van der Waals surface area contributed by atoms with Crippen molar-refractivity contribution < 1.29 is 13.2 Å². The molecule has 0 spiro atoms. The normalized spacial score (nSPS) is 12.8. The van der Waals surface area contributed by atoms with E-state index in [-0.39, 0.29) is 10.8 Å². The first-order chi connectivity index (χ1) is 9.40. The first-order valence-corrected chi connectivity index (χ1v) is 7.69. The number of hydrogen-bond donors (Lipinski definition) is 3. The van der Waals surface area contributed by atoms with Crippen molar-refractivity contribution in [1.29, 1.82) is 0 Å². The molecule has 20 heavy (non-hydrogen) atoms. The number of anilines is 1. The second kappa shape index (κ2) is 7.15. The predicted octanol–water partition coefficient (Wildman–Crippen LogP) is -0.289. The maximum atomic E-state index is 12.0.